The molecule has 0 spiro atoms. The molecule has 0 bridgehead atoms. The summed E-state index contributed by atoms with van der Waals surface area (Å²) in [6.07, 6.45) is 0.580. The van der Waals surface area contributed by atoms with Crippen molar-refractivity contribution in [1.29, 1.82) is 0 Å². The summed E-state index contributed by atoms with van der Waals surface area (Å²) < 4.78 is 14.1. The Bertz CT molecular complexity index is 1220. The van der Waals surface area contributed by atoms with E-state index in [1.54, 1.807) is 18.2 Å². The van der Waals surface area contributed by atoms with E-state index in [4.69, 9.17) is 0 Å². The van der Waals surface area contributed by atoms with E-state index >= 15 is 0 Å². The average Bonchev–Trinajstić information content (AvgIpc) is 3.49. The van der Waals surface area contributed by atoms with Crippen molar-refractivity contribution in [1.82, 2.24) is 19.8 Å². The first kappa shape index (κ1) is 21.7. The van der Waals surface area contributed by atoms with Crippen molar-refractivity contribution in [2.24, 2.45) is 11.8 Å². The number of rotatable bonds is 5. The number of likely N-dealkylation sites (N-methyl/N-ethyl adjacent to an activating group) is 1. The van der Waals surface area contributed by atoms with E-state index in [1.807, 2.05) is 24.9 Å². The number of hydrogen-bond donors (Lipinski definition) is 2. The number of nitrogens with zero attached hydrogens (tertiary/aromatic N) is 4. The molecule has 1 aromatic carbocycles. The first-order valence-electron chi connectivity index (χ1n) is 11.0. The Balaban J connectivity index is 1.22. The number of carbonyl (C=O) groups excluding carboxylic acids is 2. The molecular weight excluding hydrogens is 443 g/mol. The fourth-order valence-corrected chi connectivity index (χ4v) is 4.86. The van der Waals surface area contributed by atoms with Crippen LogP contribution in [0.5, 0.6) is 0 Å². The lowest BCUT2D eigenvalue weighted by Gasteiger charge is -2.32. The molecule has 1 aliphatic carbocycles. The van der Waals surface area contributed by atoms with E-state index in [2.05, 4.69) is 25.5 Å². The number of halogens is 1. The highest BCUT2D eigenvalue weighted by molar-refractivity contribution is 7.22. The minimum absolute atomic E-state index is 0.0771. The fourth-order valence-electron chi connectivity index (χ4n) is 4.02. The molecule has 10 heteroatoms. The van der Waals surface area contributed by atoms with Crippen LogP contribution in [0.15, 0.2) is 30.3 Å². The maximum Gasteiger partial charge on any atom is 0.230 e. The molecule has 3 heterocycles. The van der Waals surface area contributed by atoms with E-state index in [1.165, 1.54) is 17.4 Å². The molecular formula is C23H25FN6O2S. The van der Waals surface area contributed by atoms with Crippen molar-refractivity contribution in [2.75, 3.05) is 43.9 Å². The van der Waals surface area contributed by atoms with Gasteiger partial charge in [-0.1, -0.05) is 17.4 Å². The molecule has 5 rings (SSSR count). The van der Waals surface area contributed by atoms with E-state index < -0.39 is 0 Å². The molecule has 8 nitrogen and oxygen atoms in total. The van der Waals surface area contributed by atoms with Crippen LogP contribution in [0.25, 0.3) is 10.3 Å². The van der Waals surface area contributed by atoms with Gasteiger partial charge in [0.2, 0.25) is 11.8 Å². The number of nitrogens with one attached hydrogen (secondary N) is 2. The van der Waals surface area contributed by atoms with Gasteiger partial charge in [0.1, 0.15) is 22.0 Å². The van der Waals surface area contributed by atoms with Crippen molar-refractivity contribution < 1.29 is 14.0 Å². The lowest BCUT2D eigenvalue weighted by molar-refractivity contribution is -0.135. The third-order valence-corrected chi connectivity index (χ3v) is 7.01. The summed E-state index contributed by atoms with van der Waals surface area (Å²) in [6.45, 7) is 4.98. The quantitative estimate of drug-likeness (QED) is 0.598. The topological polar surface area (TPSA) is 90.5 Å². The summed E-state index contributed by atoms with van der Waals surface area (Å²) >= 11 is 1.25. The number of benzene rings is 1. The summed E-state index contributed by atoms with van der Waals surface area (Å²) in [6, 6.07) is 8.45. The van der Waals surface area contributed by atoms with Gasteiger partial charge in [0.05, 0.1) is 17.5 Å². The van der Waals surface area contributed by atoms with Crippen LogP contribution in [-0.4, -0.2) is 64.8 Å². The van der Waals surface area contributed by atoms with Crippen LogP contribution in [0.1, 0.15) is 12.0 Å². The maximum absolute atomic E-state index is 14.1. The van der Waals surface area contributed by atoms with Gasteiger partial charge < -0.3 is 20.4 Å². The zero-order chi connectivity index (χ0) is 23.1. The molecule has 33 heavy (non-hydrogen) atoms. The molecule has 2 N–H and O–H groups in total. The molecule has 2 fully saturated rings. The second kappa shape index (κ2) is 8.68. The minimum Gasteiger partial charge on any atom is -0.340 e. The molecule has 1 aliphatic heterocycles. The number of thiazole rings is 1. The van der Waals surface area contributed by atoms with Crippen LogP contribution in [0.2, 0.25) is 0 Å². The van der Waals surface area contributed by atoms with Crippen molar-refractivity contribution in [3.05, 3.63) is 41.7 Å². The Morgan fingerprint density at radius 2 is 1.88 bits per heavy atom. The van der Waals surface area contributed by atoms with Crippen LogP contribution in [0, 0.1) is 24.6 Å². The average molecular weight is 469 g/mol. The molecule has 1 saturated heterocycles. The van der Waals surface area contributed by atoms with Gasteiger partial charge in [0.25, 0.3) is 0 Å². The Labute approximate surface area is 194 Å². The number of aromatic nitrogens is 2. The second-order valence-corrected chi connectivity index (χ2v) is 9.69. The SMILES string of the molecule is Cc1ccc(Nc2ccc3nc(NC(=O)C4CC4C(=O)N4CCN(C)CC4)sc3n2)c(F)c1. The molecule has 1 saturated carbocycles. The number of aryl methyl sites for hydroxylation is 1. The molecule has 0 radical (unpaired) electrons. The van der Waals surface area contributed by atoms with Gasteiger partial charge in [-0.2, -0.15) is 0 Å². The predicted molar refractivity (Wildman–Crippen MR) is 126 cm³/mol. The van der Waals surface area contributed by atoms with Gasteiger partial charge in [-0.3, -0.25) is 9.59 Å². The van der Waals surface area contributed by atoms with Crippen molar-refractivity contribution >= 4 is 50.1 Å². The molecule has 2 atom stereocenters. The number of fused-ring (bicyclic) bond motifs is 1. The molecule has 2 aromatic heterocycles. The zero-order valence-corrected chi connectivity index (χ0v) is 19.3. The summed E-state index contributed by atoms with van der Waals surface area (Å²) in [7, 11) is 2.04. The number of piperazine rings is 1. The van der Waals surface area contributed by atoms with Crippen LogP contribution < -0.4 is 10.6 Å². The Hall–Kier alpha value is -3.11. The molecule has 3 aromatic rings. The molecule has 2 amide bonds. The Kier molecular flexibility index (Phi) is 5.71. The van der Waals surface area contributed by atoms with Gasteiger partial charge >= 0.3 is 0 Å². The highest BCUT2D eigenvalue weighted by atomic mass is 32.1. The fraction of sp³-hybridized carbons (Fsp3) is 0.391. The molecule has 2 unspecified atom stereocenters. The first-order chi connectivity index (χ1) is 15.9. The number of amides is 2. The number of pyridine rings is 1. The van der Waals surface area contributed by atoms with Crippen molar-refractivity contribution in [3.8, 4) is 0 Å². The Morgan fingerprint density at radius 1 is 1.09 bits per heavy atom. The summed E-state index contributed by atoms with van der Waals surface area (Å²) in [5, 5.41) is 6.27. The van der Waals surface area contributed by atoms with Crippen LogP contribution >= 0.6 is 11.3 Å². The lowest BCUT2D eigenvalue weighted by atomic mass is 10.2. The van der Waals surface area contributed by atoms with Crippen LogP contribution in [-0.2, 0) is 9.59 Å². The summed E-state index contributed by atoms with van der Waals surface area (Å²) in [5.41, 5.74) is 1.83. The van der Waals surface area contributed by atoms with E-state index in [-0.39, 0.29) is 29.5 Å². The second-order valence-electron chi connectivity index (χ2n) is 8.71. The Morgan fingerprint density at radius 3 is 2.64 bits per heavy atom. The van der Waals surface area contributed by atoms with E-state index in [9.17, 15) is 14.0 Å². The monoisotopic (exact) mass is 468 g/mol. The van der Waals surface area contributed by atoms with Gasteiger partial charge in [0, 0.05) is 26.2 Å². The minimum atomic E-state index is -0.348. The van der Waals surface area contributed by atoms with E-state index in [0.717, 1.165) is 18.7 Å². The van der Waals surface area contributed by atoms with Crippen LogP contribution in [0.3, 0.4) is 0 Å². The highest BCUT2D eigenvalue weighted by Crippen LogP contribution is 2.41. The van der Waals surface area contributed by atoms with Gasteiger partial charge in [-0.05, 0) is 50.2 Å². The van der Waals surface area contributed by atoms with Crippen molar-refractivity contribution in [2.45, 2.75) is 13.3 Å². The normalized spacial score (nSPS) is 20.6. The smallest absolute Gasteiger partial charge is 0.230 e. The molecule has 2 aliphatic rings. The third-order valence-electron chi connectivity index (χ3n) is 6.13. The molecule has 172 valence electrons. The van der Waals surface area contributed by atoms with Gasteiger partial charge in [0.15, 0.2) is 5.13 Å². The van der Waals surface area contributed by atoms with Gasteiger partial charge in [-0.25, -0.2) is 14.4 Å². The van der Waals surface area contributed by atoms with Gasteiger partial charge in [-0.15, -0.1) is 0 Å². The maximum atomic E-state index is 14.1. The predicted octanol–water partition coefficient (Wildman–Crippen LogP) is 3.23. The largest absolute Gasteiger partial charge is 0.340 e. The number of hydrogen-bond acceptors (Lipinski definition) is 7. The third kappa shape index (κ3) is 4.67. The van der Waals surface area contributed by atoms with E-state index in [0.29, 0.717) is 46.5 Å². The highest BCUT2D eigenvalue weighted by Gasteiger charge is 2.49. The zero-order valence-electron chi connectivity index (χ0n) is 18.5. The lowest BCUT2D eigenvalue weighted by Crippen LogP contribution is -2.48. The number of carbonyl (C=O) groups is 2. The standard InChI is InChI=1S/C23H25FN6O2S/c1-13-3-4-17(16(24)11-13)25-19-6-5-18-21(27-19)33-23(26-18)28-20(31)14-12-15(14)22(32)30-9-7-29(2)8-10-30/h3-6,11,14-15H,7-10,12H2,1-2H3,(H,25,27)(H,26,28,31). The van der Waals surface area contributed by atoms with Crippen molar-refractivity contribution in [3.63, 3.8) is 0 Å². The van der Waals surface area contributed by atoms with Crippen LogP contribution in [0.4, 0.5) is 21.0 Å². The summed E-state index contributed by atoms with van der Waals surface area (Å²) in [4.78, 5) is 39.0. The summed E-state index contributed by atoms with van der Waals surface area (Å²) in [5.74, 6) is -0.499. The number of anilines is 3. The first-order valence-corrected chi connectivity index (χ1v) is 11.8.